The predicted molar refractivity (Wildman–Crippen MR) is 113 cm³/mol. The maximum absolute atomic E-state index is 15.6. The Labute approximate surface area is 188 Å². The van der Waals surface area contributed by atoms with Crippen molar-refractivity contribution in [1.82, 2.24) is 24.7 Å². The van der Waals surface area contributed by atoms with E-state index in [0.29, 0.717) is 11.9 Å². The van der Waals surface area contributed by atoms with E-state index in [-0.39, 0.29) is 11.5 Å². The summed E-state index contributed by atoms with van der Waals surface area (Å²) in [6.45, 7) is 9.92. The summed E-state index contributed by atoms with van der Waals surface area (Å²) in [4.78, 5) is 12.3. The molecule has 172 valence electrons. The van der Waals surface area contributed by atoms with Crippen LogP contribution in [-0.2, 0) is 16.6 Å². The second-order valence-corrected chi connectivity index (χ2v) is 8.51. The molecule has 2 aromatic heterocycles. The van der Waals surface area contributed by atoms with Gasteiger partial charge >= 0.3 is 0 Å². The monoisotopic (exact) mass is 449 g/mol. The number of aliphatic hydroxyl groups is 1. The normalized spacial score (nSPS) is 17.3. The summed E-state index contributed by atoms with van der Waals surface area (Å²) in [7, 11) is 0. The molecule has 3 rings (SSSR count). The van der Waals surface area contributed by atoms with Crippen LogP contribution in [0.3, 0.4) is 0 Å². The van der Waals surface area contributed by atoms with Crippen molar-refractivity contribution in [1.29, 1.82) is 0 Å². The second-order valence-electron chi connectivity index (χ2n) is 8.51. The molecule has 0 aliphatic carbocycles. The molecule has 0 fully saturated rings. The van der Waals surface area contributed by atoms with Gasteiger partial charge in [-0.2, -0.15) is 5.10 Å². The Hall–Kier alpha value is -2.81. The van der Waals surface area contributed by atoms with E-state index in [1.807, 2.05) is 0 Å². The third kappa shape index (κ3) is 3.30. The van der Waals surface area contributed by atoms with E-state index in [0.717, 1.165) is 19.1 Å². The van der Waals surface area contributed by atoms with E-state index >= 15 is 8.78 Å². The summed E-state index contributed by atoms with van der Waals surface area (Å²) < 4.78 is 63.8. The molecule has 3 aromatic rings. The van der Waals surface area contributed by atoms with Crippen molar-refractivity contribution in [2.75, 3.05) is 0 Å². The summed E-state index contributed by atoms with van der Waals surface area (Å²) in [5.41, 5.74) is -7.43. The average Bonchev–Trinajstić information content (AvgIpc) is 3.15. The van der Waals surface area contributed by atoms with Crippen LogP contribution in [0, 0.1) is 38.2 Å². The fourth-order valence-corrected chi connectivity index (χ4v) is 4.50. The molecule has 0 bridgehead atoms. The zero-order chi connectivity index (χ0) is 25.9. The molecule has 0 spiro atoms. The van der Waals surface area contributed by atoms with Crippen LogP contribution in [0.15, 0.2) is 24.5 Å². The molecule has 9 heteroatoms. The Morgan fingerprint density at radius 1 is 1.09 bits per heavy atom. The minimum absolute atomic E-state index is 0.0605. The van der Waals surface area contributed by atoms with Crippen LogP contribution >= 0.6 is 0 Å². The highest BCUT2D eigenvalue weighted by Gasteiger charge is 2.61. The van der Waals surface area contributed by atoms with E-state index in [1.165, 1.54) is 45.6 Å². The highest BCUT2D eigenvalue weighted by Crippen LogP contribution is 2.54. The Morgan fingerprint density at radius 3 is 2.28 bits per heavy atom. The lowest BCUT2D eigenvalue weighted by Crippen LogP contribution is -2.62. The number of aromatic nitrogens is 5. The molecule has 32 heavy (non-hydrogen) atoms. The first kappa shape index (κ1) is 21.1. The smallest absolute Gasteiger partial charge is 0.166 e. The quantitative estimate of drug-likeness (QED) is 0.604. The van der Waals surface area contributed by atoms with Gasteiger partial charge in [0.2, 0.25) is 0 Å². The lowest BCUT2D eigenvalue weighted by atomic mass is 9.58. The summed E-state index contributed by atoms with van der Waals surface area (Å²) >= 11 is 0. The Bertz CT molecular complexity index is 1240. The SMILES string of the molecule is [2H]C([2H])(C)[C@@](C)(c1nc(C)nc(C)c1F)[C@@](O)(c1ccc(F)cc1F)C(C)(C)n1ncnc1C. The van der Waals surface area contributed by atoms with E-state index in [2.05, 4.69) is 20.1 Å². The zero-order valence-electron chi connectivity index (χ0n) is 21.1. The molecular formula is C23H28F3N5O. The first-order valence-electron chi connectivity index (χ1n) is 11.1. The maximum atomic E-state index is 15.6. The molecule has 0 unspecified atom stereocenters. The van der Waals surface area contributed by atoms with Gasteiger partial charge in [0.15, 0.2) is 5.82 Å². The van der Waals surface area contributed by atoms with Crippen molar-refractivity contribution in [3.8, 4) is 0 Å². The minimum Gasteiger partial charge on any atom is -0.382 e. The molecule has 2 atom stereocenters. The van der Waals surface area contributed by atoms with Gasteiger partial charge in [-0.15, -0.1) is 0 Å². The highest BCUT2D eigenvalue weighted by atomic mass is 19.1. The molecule has 0 radical (unpaired) electrons. The fraction of sp³-hybridized carbons (Fsp3) is 0.478. The molecule has 0 amide bonds. The first-order chi connectivity index (χ1) is 15.5. The number of hydrogen-bond donors (Lipinski definition) is 1. The molecular weight excluding hydrogens is 419 g/mol. The lowest BCUT2D eigenvalue weighted by molar-refractivity contribution is -0.135. The number of rotatable bonds is 6. The van der Waals surface area contributed by atoms with Crippen LogP contribution in [0.1, 0.15) is 65.4 Å². The summed E-state index contributed by atoms with van der Waals surface area (Å²) in [6.07, 6.45) is -1.17. The van der Waals surface area contributed by atoms with Gasteiger partial charge < -0.3 is 5.11 Å². The van der Waals surface area contributed by atoms with Crippen molar-refractivity contribution < 1.29 is 21.0 Å². The van der Waals surface area contributed by atoms with E-state index < -0.39 is 51.6 Å². The second kappa shape index (κ2) is 7.95. The van der Waals surface area contributed by atoms with E-state index in [9.17, 15) is 9.50 Å². The first-order valence-corrected chi connectivity index (χ1v) is 10.1. The molecule has 0 aliphatic rings. The van der Waals surface area contributed by atoms with Gasteiger partial charge in [0, 0.05) is 19.8 Å². The number of benzene rings is 1. The number of aryl methyl sites for hydroxylation is 3. The third-order valence-electron chi connectivity index (χ3n) is 6.28. The third-order valence-corrected chi connectivity index (χ3v) is 6.28. The van der Waals surface area contributed by atoms with Gasteiger partial charge in [-0.1, -0.05) is 19.9 Å². The van der Waals surface area contributed by atoms with Crippen LogP contribution < -0.4 is 0 Å². The van der Waals surface area contributed by atoms with Crippen molar-refractivity contribution in [2.24, 2.45) is 0 Å². The summed E-state index contributed by atoms with van der Waals surface area (Å²) in [5.74, 6) is -2.49. The lowest BCUT2D eigenvalue weighted by Gasteiger charge is -2.53. The molecule has 1 aromatic carbocycles. The van der Waals surface area contributed by atoms with Crippen LogP contribution in [0.4, 0.5) is 13.2 Å². The van der Waals surface area contributed by atoms with Crippen LogP contribution in [-0.4, -0.2) is 29.8 Å². The van der Waals surface area contributed by atoms with Gasteiger partial charge in [0.25, 0.3) is 0 Å². The Kier molecular flexibility index (Phi) is 5.23. The van der Waals surface area contributed by atoms with Crippen LogP contribution in [0.5, 0.6) is 0 Å². The minimum atomic E-state index is -2.58. The van der Waals surface area contributed by atoms with Crippen LogP contribution in [0.25, 0.3) is 0 Å². The number of hydrogen-bond acceptors (Lipinski definition) is 5. The van der Waals surface area contributed by atoms with Crippen molar-refractivity contribution in [2.45, 2.75) is 71.4 Å². The van der Waals surface area contributed by atoms with E-state index in [4.69, 9.17) is 2.74 Å². The molecule has 6 nitrogen and oxygen atoms in total. The van der Waals surface area contributed by atoms with Crippen LogP contribution in [0.2, 0.25) is 0 Å². The molecule has 0 aliphatic heterocycles. The summed E-state index contributed by atoms with van der Waals surface area (Å²) in [5, 5.41) is 16.8. The fourth-order valence-electron chi connectivity index (χ4n) is 4.50. The Morgan fingerprint density at radius 2 is 1.75 bits per heavy atom. The standard InChI is InChI=1S/C23H28F3N5O/c1-8-22(7,20-19(26)13(2)29-14(3)30-20)23(32,17-10-9-16(24)11-18(17)25)21(5,6)31-15(4)27-12-28-31/h9-12,32H,8H2,1-7H3/t22-,23+/m0/s1/i8D2. The topological polar surface area (TPSA) is 76.7 Å². The number of nitrogens with zero attached hydrogens (tertiary/aromatic N) is 5. The average molecular weight is 450 g/mol. The van der Waals surface area contributed by atoms with Gasteiger partial charge in [-0.3, -0.25) is 0 Å². The van der Waals surface area contributed by atoms with Crippen molar-refractivity contribution in [3.63, 3.8) is 0 Å². The van der Waals surface area contributed by atoms with Gasteiger partial charge in [-0.25, -0.2) is 32.8 Å². The Balaban J connectivity index is 2.59. The zero-order valence-corrected chi connectivity index (χ0v) is 19.1. The predicted octanol–water partition coefficient (Wildman–Crippen LogP) is 4.40. The molecule has 1 N–H and O–H groups in total. The molecule has 0 saturated carbocycles. The van der Waals surface area contributed by atoms with Crippen molar-refractivity contribution >= 4 is 0 Å². The van der Waals surface area contributed by atoms with Gasteiger partial charge in [-0.05, 0) is 47.1 Å². The largest absolute Gasteiger partial charge is 0.382 e. The van der Waals surface area contributed by atoms with Gasteiger partial charge in [0.05, 0.1) is 16.9 Å². The van der Waals surface area contributed by atoms with E-state index in [1.54, 1.807) is 6.92 Å². The maximum Gasteiger partial charge on any atom is 0.166 e. The summed E-state index contributed by atoms with van der Waals surface area (Å²) in [6, 6.07) is 2.57. The van der Waals surface area contributed by atoms with Gasteiger partial charge in [0.1, 0.15) is 35.2 Å². The highest BCUT2D eigenvalue weighted by molar-refractivity contribution is 5.38. The van der Waals surface area contributed by atoms with Crippen molar-refractivity contribution in [3.05, 3.63) is 70.6 Å². The molecule has 2 heterocycles. The molecule has 0 saturated heterocycles. The number of halogens is 3.